The van der Waals surface area contributed by atoms with Gasteiger partial charge in [0.05, 0.1) is 17.0 Å². The lowest BCUT2D eigenvalue weighted by Gasteiger charge is -2.33. The van der Waals surface area contributed by atoms with Crippen molar-refractivity contribution < 1.29 is 22.3 Å². The van der Waals surface area contributed by atoms with Crippen molar-refractivity contribution in [3.63, 3.8) is 0 Å². The summed E-state index contributed by atoms with van der Waals surface area (Å²) in [4.78, 5) is 6.31. The number of thioether (sulfide) groups is 1. The Hall–Kier alpha value is -2.47. The lowest BCUT2D eigenvalue weighted by atomic mass is 9.87. The minimum atomic E-state index is -3.07. The first-order valence-electron chi connectivity index (χ1n) is 7.70. The summed E-state index contributed by atoms with van der Waals surface area (Å²) < 4.78 is 57.8. The van der Waals surface area contributed by atoms with Crippen LogP contribution < -0.4 is 0 Å². The van der Waals surface area contributed by atoms with Crippen LogP contribution >= 0.6 is 11.8 Å². The molecule has 134 valence electrons. The Kier molecular flexibility index (Phi) is 3.95. The number of alkyl halides is 2. The number of nitrogens with zero attached hydrogens (tertiary/aromatic N) is 3. The van der Waals surface area contributed by atoms with Gasteiger partial charge in [0.15, 0.2) is 23.2 Å². The molecule has 0 saturated heterocycles. The highest BCUT2D eigenvalue weighted by Gasteiger charge is 2.46. The summed E-state index contributed by atoms with van der Waals surface area (Å²) in [5.41, 5.74) is -0.249. The molecular weight excluding hydrogens is 370 g/mol. The van der Waals surface area contributed by atoms with E-state index in [1.807, 2.05) is 6.07 Å². The third kappa shape index (κ3) is 2.56. The van der Waals surface area contributed by atoms with Crippen LogP contribution in [0.2, 0.25) is 0 Å². The van der Waals surface area contributed by atoms with Crippen molar-refractivity contribution in [1.29, 1.82) is 5.26 Å². The van der Waals surface area contributed by atoms with Crippen LogP contribution in [0, 0.1) is 23.0 Å². The van der Waals surface area contributed by atoms with Crippen molar-refractivity contribution in [2.24, 2.45) is 4.99 Å². The van der Waals surface area contributed by atoms with Gasteiger partial charge in [-0.3, -0.25) is 4.99 Å². The van der Waals surface area contributed by atoms with E-state index in [0.717, 1.165) is 6.07 Å². The largest absolute Gasteiger partial charge is 0.431 e. The molecule has 1 atom stereocenters. The summed E-state index contributed by atoms with van der Waals surface area (Å²) in [6.07, 6.45) is 3.21. The number of aliphatic imine (C=N–C) groups is 1. The predicted octanol–water partition coefficient (Wildman–Crippen LogP) is 3.91. The van der Waals surface area contributed by atoms with Gasteiger partial charge in [0, 0.05) is 18.0 Å². The van der Waals surface area contributed by atoms with Gasteiger partial charge in [-0.25, -0.2) is 8.78 Å². The Balaban J connectivity index is 1.83. The van der Waals surface area contributed by atoms with Gasteiger partial charge in [0.2, 0.25) is 0 Å². The lowest BCUT2D eigenvalue weighted by Crippen LogP contribution is -2.35. The number of allylic oxidation sites excluding steroid dienone is 2. The molecule has 3 heterocycles. The Morgan fingerprint density at radius 2 is 2.15 bits per heavy atom. The van der Waals surface area contributed by atoms with Gasteiger partial charge in [0.25, 0.3) is 0 Å². The molecular formula is C17H11F4N3OS. The lowest BCUT2D eigenvalue weighted by molar-refractivity contribution is -0.0906. The summed E-state index contributed by atoms with van der Waals surface area (Å²) in [6, 6.07) is 4.42. The first-order chi connectivity index (χ1) is 12.4. The van der Waals surface area contributed by atoms with E-state index in [9.17, 15) is 17.6 Å². The van der Waals surface area contributed by atoms with Gasteiger partial charge in [-0.15, -0.1) is 11.8 Å². The second-order valence-electron chi connectivity index (χ2n) is 6.01. The zero-order valence-corrected chi connectivity index (χ0v) is 14.0. The Morgan fingerprint density at radius 3 is 2.88 bits per heavy atom. The molecule has 26 heavy (non-hydrogen) atoms. The highest BCUT2D eigenvalue weighted by atomic mass is 32.2. The Labute approximate surface area is 150 Å². The zero-order chi connectivity index (χ0) is 18.5. The predicted molar refractivity (Wildman–Crippen MR) is 86.4 cm³/mol. The number of benzene rings is 1. The third-order valence-electron chi connectivity index (χ3n) is 4.48. The molecule has 1 aromatic carbocycles. The highest BCUT2D eigenvalue weighted by Crippen LogP contribution is 2.48. The molecule has 3 aliphatic heterocycles. The molecule has 0 N–H and O–H groups in total. The number of hydrogen-bond donors (Lipinski definition) is 0. The Morgan fingerprint density at radius 1 is 1.35 bits per heavy atom. The average Bonchev–Trinajstić information content (AvgIpc) is 2.97. The van der Waals surface area contributed by atoms with E-state index in [2.05, 4.69) is 9.73 Å². The normalized spacial score (nSPS) is 23.8. The van der Waals surface area contributed by atoms with Crippen molar-refractivity contribution in [3.8, 4) is 6.07 Å². The maximum atomic E-state index is 14.2. The van der Waals surface area contributed by atoms with E-state index in [1.165, 1.54) is 30.1 Å². The van der Waals surface area contributed by atoms with E-state index in [1.54, 1.807) is 4.90 Å². The van der Waals surface area contributed by atoms with Crippen LogP contribution in [0.5, 0.6) is 0 Å². The standard InChI is InChI=1S/C17H11F4N3OS/c18-11-2-1-10-14(13(11)19)26-4-3-17(10)8-24-7-9(6-22)5-12(15(24)23-17)25-16(20)21/h1-2,5,7,16H,3-4,8H2/t17-/m1/s1. The van der Waals surface area contributed by atoms with Crippen molar-refractivity contribution in [1.82, 2.24) is 4.90 Å². The summed E-state index contributed by atoms with van der Waals surface area (Å²) in [5, 5.41) is 9.12. The Bertz CT molecular complexity index is 921. The zero-order valence-electron chi connectivity index (χ0n) is 13.2. The monoisotopic (exact) mass is 381 g/mol. The minimum Gasteiger partial charge on any atom is -0.431 e. The van der Waals surface area contributed by atoms with Crippen LogP contribution in [-0.4, -0.2) is 29.6 Å². The second kappa shape index (κ2) is 6.06. The van der Waals surface area contributed by atoms with Crippen LogP contribution in [0.15, 0.2) is 45.6 Å². The number of halogens is 4. The van der Waals surface area contributed by atoms with Gasteiger partial charge in [-0.05, 0) is 18.1 Å². The summed E-state index contributed by atoms with van der Waals surface area (Å²) >= 11 is 1.20. The van der Waals surface area contributed by atoms with Gasteiger partial charge < -0.3 is 9.64 Å². The maximum absolute atomic E-state index is 14.2. The highest BCUT2D eigenvalue weighted by molar-refractivity contribution is 7.99. The van der Waals surface area contributed by atoms with Gasteiger partial charge in [-0.2, -0.15) is 14.0 Å². The van der Waals surface area contributed by atoms with Crippen LogP contribution in [0.4, 0.5) is 17.6 Å². The van der Waals surface area contributed by atoms with Crippen molar-refractivity contribution in [2.75, 3.05) is 12.3 Å². The molecule has 0 radical (unpaired) electrons. The fourth-order valence-corrected chi connectivity index (χ4v) is 4.68. The molecule has 0 amide bonds. The molecule has 9 heteroatoms. The summed E-state index contributed by atoms with van der Waals surface area (Å²) in [6.45, 7) is -2.84. The smallest absolute Gasteiger partial charge is 0.387 e. The van der Waals surface area contributed by atoms with E-state index in [-0.39, 0.29) is 28.6 Å². The van der Waals surface area contributed by atoms with Crippen LogP contribution in [0.25, 0.3) is 0 Å². The minimum absolute atomic E-state index is 0.146. The third-order valence-corrected chi connectivity index (χ3v) is 5.58. The topological polar surface area (TPSA) is 48.6 Å². The van der Waals surface area contributed by atoms with Crippen molar-refractivity contribution in [2.45, 2.75) is 23.5 Å². The van der Waals surface area contributed by atoms with Gasteiger partial charge in [0.1, 0.15) is 11.6 Å². The number of hydrogen-bond acceptors (Lipinski definition) is 5. The van der Waals surface area contributed by atoms with Crippen molar-refractivity contribution in [3.05, 3.63) is 52.9 Å². The molecule has 0 saturated carbocycles. The molecule has 0 unspecified atom stereocenters. The molecule has 1 aromatic rings. The molecule has 4 rings (SSSR count). The van der Waals surface area contributed by atoms with E-state index in [0.29, 0.717) is 17.7 Å². The average molecular weight is 381 g/mol. The molecule has 0 fully saturated rings. The number of ether oxygens (including phenoxy) is 1. The van der Waals surface area contributed by atoms with Gasteiger partial charge in [-0.1, -0.05) is 6.07 Å². The van der Waals surface area contributed by atoms with E-state index < -0.39 is 23.8 Å². The molecule has 0 aliphatic carbocycles. The number of amidine groups is 1. The van der Waals surface area contributed by atoms with Crippen LogP contribution in [0.1, 0.15) is 12.0 Å². The molecule has 1 spiro atoms. The van der Waals surface area contributed by atoms with E-state index in [4.69, 9.17) is 5.26 Å². The SMILES string of the molecule is N#CC1=CN2C[C@@]3(CCSc4c3ccc(F)c4F)N=C2C(OC(F)F)=C1. The van der Waals surface area contributed by atoms with Gasteiger partial charge >= 0.3 is 6.61 Å². The van der Waals surface area contributed by atoms with Crippen LogP contribution in [-0.2, 0) is 10.3 Å². The number of fused-ring (bicyclic) bond motifs is 3. The maximum Gasteiger partial charge on any atom is 0.387 e. The molecule has 0 aromatic heterocycles. The first-order valence-corrected chi connectivity index (χ1v) is 8.69. The first kappa shape index (κ1) is 17.0. The fourth-order valence-electron chi connectivity index (χ4n) is 3.39. The quantitative estimate of drug-likeness (QED) is 0.729. The summed E-state index contributed by atoms with van der Waals surface area (Å²) in [7, 11) is 0. The number of rotatable bonds is 2. The van der Waals surface area contributed by atoms with Crippen LogP contribution in [0.3, 0.4) is 0 Å². The molecule has 0 bridgehead atoms. The fraction of sp³-hybridized carbons (Fsp3) is 0.294. The van der Waals surface area contributed by atoms with E-state index >= 15 is 0 Å². The second-order valence-corrected chi connectivity index (χ2v) is 7.12. The van der Waals surface area contributed by atoms with Crippen molar-refractivity contribution >= 4 is 17.6 Å². The molecule has 3 aliphatic rings. The number of nitriles is 1. The molecule has 4 nitrogen and oxygen atoms in total. The summed E-state index contributed by atoms with van der Waals surface area (Å²) in [5.74, 6) is -1.42.